The second-order valence-electron chi connectivity index (χ2n) is 3.51. The summed E-state index contributed by atoms with van der Waals surface area (Å²) < 4.78 is 0. The maximum atomic E-state index is 6.05. The van der Waals surface area contributed by atoms with Crippen molar-refractivity contribution in [2.24, 2.45) is 0 Å². The van der Waals surface area contributed by atoms with Gasteiger partial charge in [0.2, 0.25) is 0 Å². The molecular formula is C12H18ClN. The van der Waals surface area contributed by atoms with E-state index in [0.29, 0.717) is 0 Å². The maximum absolute atomic E-state index is 6.05. The van der Waals surface area contributed by atoms with E-state index in [1.807, 2.05) is 19.2 Å². The van der Waals surface area contributed by atoms with Crippen molar-refractivity contribution in [2.75, 3.05) is 13.6 Å². The van der Waals surface area contributed by atoms with E-state index < -0.39 is 0 Å². The first-order valence-electron chi connectivity index (χ1n) is 5.22. The van der Waals surface area contributed by atoms with Crippen LogP contribution in [-0.2, 0) is 6.42 Å². The molecule has 78 valence electrons. The Morgan fingerprint density at radius 1 is 1.14 bits per heavy atom. The number of nitrogens with one attached hydrogen (secondary N) is 1. The molecule has 14 heavy (non-hydrogen) atoms. The van der Waals surface area contributed by atoms with Crippen molar-refractivity contribution < 1.29 is 0 Å². The average molecular weight is 212 g/mol. The summed E-state index contributed by atoms with van der Waals surface area (Å²) in [7, 11) is 1.99. The Hall–Kier alpha value is -0.530. The van der Waals surface area contributed by atoms with Gasteiger partial charge in [-0.05, 0) is 44.5 Å². The van der Waals surface area contributed by atoms with Gasteiger partial charge >= 0.3 is 0 Å². The quantitative estimate of drug-likeness (QED) is 0.713. The van der Waals surface area contributed by atoms with E-state index in [9.17, 15) is 0 Å². The first-order valence-corrected chi connectivity index (χ1v) is 5.60. The van der Waals surface area contributed by atoms with Crippen LogP contribution in [0.5, 0.6) is 0 Å². The fourth-order valence-corrected chi connectivity index (χ4v) is 1.73. The van der Waals surface area contributed by atoms with Crippen molar-refractivity contribution in [3.63, 3.8) is 0 Å². The van der Waals surface area contributed by atoms with E-state index in [1.54, 1.807) is 0 Å². The molecule has 0 saturated carbocycles. The minimum Gasteiger partial charge on any atom is -0.320 e. The highest BCUT2D eigenvalue weighted by Crippen LogP contribution is 2.17. The van der Waals surface area contributed by atoms with Crippen molar-refractivity contribution in [3.8, 4) is 0 Å². The summed E-state index contributed by atoms with van der Waals surface area (Å²) in [6.45, 7) is 1.11. The number of rotatable bonds is 6. The Bertz CT molecular complexity index is 260. The number of unbranched alkanes of at least 4 members (excludes halogenated alkanes) is 2. The molecule has 0 aliphatic carbocycles. The lowest BCUT2D eigenvalue weighted by Crippen LogP contribution is -2.07. The molecule has 0 atom stereocenters. The topological polar surface area (TPSA) is 12.0 Å². The van der Waals surface area contributed by atoms with E-state index in [-0.39, 0.29) is 0 Å². The highest BCUT2D eigenvalue weighted by atomic mass is 35.5. The van der Waals surface area contributed by atoms with Gasteiger partial charge in [0.05, 0.1) is 0 Å². The molecule has 1 rings (SSSR count). The van der Waals surface area contributed by atoms with Crippen LogP contribution in [0, 0.1) is 0 Å². The zero-order valence-electron chi connectivity index (χ0n) is 8.72. The van der Waals surface area contributed by atoms with Crippen LogP contribution in [0.15, 0.2) is 24.3 Å². The first-order chi connectivity index (χ1) is 6.84. The van der Waals surface area contributed by atoms with Crippen LogP contribution >= 0.6 is 11.6 Å². The Morgan fingerprint density at radius 3 is 2.64 bits per heavy atom. The minimum absolute atomic E-state index is 0.904. The fourth-order valence-electron chi connectivity index (χ4n) is 1.50. The van der Waals surface area contributed by atoms with Gasteiger partial charge in [-0.15, -0.1) is 0 Å². The highest BCUT2D eigenvalue weighted by molar-refractivity contribution is 6.31. The normalized spacial score (nSPS) is 10.4. The molecule has 0 radical (unpaired) electrons. The Morgan fingerprint density at radius 2 is 1.93 bits per heavy atom. The van der Waals surface area contributed by atoms with Crippen molar-refractivity contribution in [1.82, 2.24) is 5.32 Å². The number of hydrogen-bond acceptors (Lipinski definition) is 1. The van der Waals surface area contributed by atoms with Gasteiger partial charge in [-0.2, -0.15) is 0 Å². The summed E-state index contributed by atoms with van der Waals surface area (Å²) in [6.07, 6.45) is 4.85. The molecule has 0 aromatic heterocycles. The summed E-state index contributed by atoms with van der Waals surface area (Å²) in [5.74, 6) is 0. The summed E-state index contributed by atoms with van der Waals surface area (Å²) in [5, 5.41) is 4.06. The highest BCUT2D eigenvalue weighted by Gasteiger charge is 1.97. The number of halogens is 1. The lowest BCUT2D eigenvalue weighted by Gasteiger charge is -2.03. The number of benzene rings is 1. The zero-order chi connectivity index (χ0) is 10.2. The molecule has 1 aromatic carbocycles. The molecule has 0 saturated heterocycles. The number of hydrogen-bond donors (Lipinski definition) is 1. The van der Waals surface area contributed by atoms with Crippen molar-refractivity contribution in [3.05, 3.63) is 34.9 Å². The van der Waals surface area contributed by atoms with Crippen LogP contribution in [0.4, 0.5) is 0 Å². The minimum atomic E-state index is 0.904. The molecule has 1 aromatic rings. The third kappa shape index (κ3) is 4.12. The molecular weight excluding hydrogens is 194 g/mol. The molecule has 0 bridgehead atoms. The van der Waals surface area contributed by atoms with Gasteiger partial charge in [0.25, 0.3) is 0 Å². The molecule has 0 unspecified atom stereocenters. The summed E-state index contributed by atoms with van der Waals surface area (Å²) >= 11 is 6.05. The molecule has 0 amide bonds. The lowest BCUT2D eigenvalue weighted by atomic mass is 10.1. The van der Waals surface area contributed by atoms with Crippen LogP contribution < -0.4 is 5.32 Å². The smallest absolute Gasteiger partial charge is 0.0437 e. The van der Waals surface area contributed by atoms with Gasteiger partial charge < -0.3 is 5.32 Å². The first kappa shape index (κ1) is 11.5. The van der Waals surface area contributed by atoms with Gasteiger partial charge in [-0.25, -0.2) is 0 Å². The van der Waals surface area contributed by atoms with Crippen LogP contribution in [0.1, 0.15) is 24.8 Å². The molecule has 0 fully saturated rings. The van der Waals surface area contributed by atoms with Gasteiger partial charge in [-0.1, -0.05) is 36.2 Å². The predicted molar refractivity (Wildman–Crippen MR) is 62.9 cm³/mol. The van der Waals surface area contributed by atoms with Gasteiger partial charge in [0.1, 0.15) is 0 Å². The van der Waals surface area contributed by atoms with Crippen LogP contribution in [0.2, 0.25) is 5.02 Å². The molecule has 1 nitrogen and oxygen atoms in total. The fraction of sp³-hybridized carbons (Fsp3) is 0.500. The SMILES string of the molecule is CNCCCCCc1ccccc1Cl. The van der Waals surface area contributed by atoms with E-state index in [4.69, 9.17) is 11.6 Å². The predicted octanol–water partition coefficient (Wildman–Crippen LogP) is 3.27. The molecule has 1 N–H and O–H groups in total. The van der Waals surface area contributed by atoms with E-state index in [2.05, 4.69) is 17.4 Å². The molecule has 2 heteroatoms. The standard InChI is InChI=1S/C12H18ClN/c1-14-10-6-2-3-7-11-8-4-5-9-12(11)13/h4-5,8-9,14H,2-3,6-7,10H2,1H3. The van der Waals surface area contributed by atoms with Gasteiger partial charge in [-0.3, -0.25) is 0 Å². The molecule has 0 aliphatic rings. The third-order valence-electron chi connectivity index (χ3n) is 2.33. The van der Waals surface area contributed by atoms with Crippen LogP contribution in [0.3, 0.4) is 0 Å². The van der Waals surface area contributed by atoms with Crippen LogP contribution in [-0.4, -0.2) is 13.6 Å². The Kier molecular flexibility index (Phi) is 5.65. The van der Waals surface area contributed by atoms with Gasteiger partial charge in [0, 0.05) is 5.02 Å². The maximum Gasteiger partial charge on any atom is 0.0437 e. The lowest BCUT2D eigenvalue weighted by molar-refractivity contribution is 0.642. The number of aryl methyl sites for hydroxylation is 1. The van der Waals surface area contributed by atoms with Crippen molar-refractivity contribution >= 4 is 11.6 Å². The van der Waals surface area contributed by atoms with E-state index in [0.717, 1.165) is 18.0 Å². The average Bonchev–Trinajstić information content (AvgIpc) is 2.20. The van der Waals surface area contributed by atoms with Crippen molar-refractivity contribution in [1.29, 1.82) is 0 Å². The Labute approximate surface area is 91.5 Å². The Balaban J connectivity index is 2.21. The van der Waals surface area contributed by atoms with Gasteiger partial charge in [0.15, 0.2) is 0 Å². The van der Waals surface area contributed by atoms with E-state index >= 15 is 0 Å². The molecule has 0 heterocycles. The zero-order valence-corrected chi connectivity index (χ0v) is 9.48. The second kappa shape index (κ2) is 6.86. The second-order valence-corrected chi connectivity index (χ2v) is 3.91. The largest absolute Gasteiger partial charge is 0.320 e. The summed E-state index contributed by atoms with van der Waals surface area (Å²) in [4.78, 5) is 0. The third-order valence-corrected chi connectivity index (χ3v) is 2.70. The van der Waals surface area contributed by atoms with Crippen molar-refractivity contribution in [2.45, 2.75) is 25.7 Å². The van der Waals surface area contributed by atoms with E-state index in [1.165, 1.54) is 24.8 Å². The monoisotopic (exact) mass is 211 g/mol. The van der Waals surface area contributed by atoms with Crippen LogP contribution in [0.25, 0.3) is 0 Å². The molecule has 0 spiro atoms. The summed E-state index contributed by atoms with van der Waals surface area (Å²) in [5.41, 5.74) is 1.28. The molecule has 0 aliphatic heterocycles. The summed E-state index contributed by atoms with van der Waals surface area (Å²) in [6, 6.07) is 8.10.